The molecule has 4 aliphatic rings. The predicted molar refractivity (Wildman–Crippen MR) is 94.4 cm³/mol. The van der Waals surface area contributed by atoms with Crippen LogP contribution in [0.2, 0.25) is 0 Å². The number of likely N-dealkylation sites (tertiary alicyclic amines) is 1. The van der Waals surface area contributed by atoms with Crippen LogP contribution >= 0.6 is 0 Å². The zero-order valence-corrected chi connectivity index (χ0v) is 14.7. The number of rotatable bonds is 1. The Kier molecular flexibility index (Phi) is 3.91. The first kappa shape index (κ1) is 16.2. The molecule has 5 rings (SSSR count). The molecule has 5 nitrogen and oxygen atoms in total. The Morgan fingerprint density at radius 3 is 2.40 bits per heavy atom. The van der Waals surface area contributed by atoms with E-state index in [2.05, 4.69) is 34.5 Å². The van der Waals surface area contributed by atoms with Crippen LogP contribution in [0.5, 0.6) is 0 Å². The highest BCUT2D eigenvalue weighted by atomic mass is 16.7. The summed E-state index contributed by atoms with van der Waals surface area (Å²) >= 11 is 0. The fourth-order valence-corrected chi connectivity index (χ4v) is 5.60. The van der Waals surface area contributed by atoms with Gasteiger partial charge in [0.25, 0.3) is 0 Å². The monoisotopic (exact) mass is 344 g/mol. The van der Waals surface area contributed by atoms with Gasteiger partial charge in [0.2, 0.25) is 0 Å². The smallest absolute Gasteiger partial charge is 0.170 e. The van der Waals surface area contributed by atoms with E-state index in [0.717, 1.165) is 51.9 Å². The number of fused-ring (bicyclic) bond motifs is 2. The number of aliphatic hydroxyl groups is 1. The van der Waals surface area contributed by atoms with E-state index in [0.29, 0.717) is 13.2 Å². The Morgan fingerprint density at radius 2 is 1.68 bits per heavy atom. The fourth-order valence-electron chi connectivity index (χ4n) is 5.60. The van der Waals surface area contributed by atoms with Crippen molar-refractivity contribution in [3.05, 3.63) is 35.4 Å². The molecule has 3 aliphatic heterocycles. The van der Waals surface area contributed by atoms with Crippen molar-refractivity contribution in [2.45, 2.75) is 49.0 Å². The number of benzene rings is 1. The Hall–Kier alpha value is -0.980. The van der Waals surface area contributed by atoms with Crippen LogP contribution in [0.4, 0.5) is 0 Å². The second kappa shape index (κ2) is 6.03. The van der Waals surface area contributed by atoms with E-state index in [4.69, 9.17) is 9.47 Å². The second-order valence-corrected chi connectivity index (χ2v) is 8.03. The van der Waals surface area contributed by atoms with E-state index in [9.17, 15) is 5.11 Å². The molecule has 136 valence electrons. The molecule has 1 aromatic carbocycles. The normalized spacial score (nSPS) is 33.8. The molecule has 0 radical (unpaired) electrons. The van der Waals surface area contributed by atoms with Crippen LogP contribution in [-0.4, -0.2) is 61.3 Å². The zero-order valence-electron chi connectivity index (χ0n) is 14.7. The van der Waals surface area contributed by atoms with Gasteiger partial charge in [0.05, 0.1) is 25.4 Å². The highest BCUT2D eigenvalue weighted by Gasteiger charge is 2.54. The first-order chi connectivity index (χ1) is 12.2. The molecular weight excluding hydrogens is 316 g/mol. The topological polar surface area (TPSA) is 54.0 Å². The summed E-state index contributed by atoms with van der Waals surface area (Å²) in [5.74, 6) is -0.355. The molecule has 0 bridgehead atoms. The average molecular weight is 344 g/mol. The molecule has 0 amide bonds. The summed E-state index contributed by atoms with van der Waals surface area (Å²) < 4.78 is 11.8. The molecule has 1 aromatic rings. The third-order valence-electron chi connectivity index (χ3n) is 6.94. The molecule has 0 unspecified atom stereocenters. The van der Waals surface area contributed by atoms with Crippen LogP contribution in [0.15, 0.2) is 24.3 Å². The molecule has 2 atom stereocenters. The first-order valence-corrected chi connectivity index (χ1v) is 9.74. The minimum absolute atomic E-state index is 0.0813. The van der Waals surface area contributed by atoms with Crippen LogP contribution in [0.3, 0.4) is 0 Å². The lowest BCUT2D eigenvalue weighted by molar-refractivity contribution is -0.191. The Labute approximate surface area is 149 Å². The maximum absolute atomic E-state index is 11.5. The number of ether oxygens (including phenoxy) is 2. The molecule has 3 heterocycles. The van der Waals surface area contributed by atoms with Crippen LogP contribution in [-0.2, 0) is 14.9 Å². The summed E-state index contributed by atoms with van der Waals surface area (Å²) in [7, 11) is 0. The van der Waals surface area contributed by atoms with Gasteiger partial charge in [-0.1, -0.05) is 24.3 Å². The largest absolute Gasteiger partial charge is 0.390 e. The predicted octanol–water partition coefficient (Wildman–Crippen LogP) is 1.56. The number of nitrogens with zero attached hydrogens (tertiary/aromatic N) is 1. The minimum atomic E-state index is -0.355. The van der Waals surface area contributed by atoms with E-state index >= 15 is 0 Å². The summed E-state index contributed by atoms with van der Waals surface area (Å²) in [5.41, 5.74) is 2.63. The van der Waals surface area contributed by atoms with Gasteiger partial charge in [-0.25, -0.2) is 0 Å². The summed E-state index contributed by atoms with van der Waals surface area (Å²) in [6.07, 6.45) is 3.50. The third-order valence-corrected chi connectivity index (χ3v) is 6.94. The summed E-state index contributed by atoms with van der Waals surface area (Å²) in [6.45, 7) is 5.25. The first-order valence-electron chi connectivity index (χ1n) is 9.74. The quantitative estimate of drug-likeness (QED) is 0.810. The summed E-state index contributed by atoms with van der Waals surface area (Å²) in [5, 5.41) is 14.9. The van der Waals surface area contributed by atoms with E-state index in [1.807, 2.05) is 0 Å². The van der Waals surface area contributed by atoms with Crippen LogP contribution in [0, 0.1) is 0 Å². The van der Waals surface area contributed by atoms with E-state index in [1.54, 1.807) is 0 Å². The van der Waals surface area contributed by atoms with Crippen molar-refractivity contribution in [3.63, 3.8) is 0 Å². The molecule has 0 saturated carbocycles. The van der Waals surface area contributed by atoms with Crippen molar-refractivity contribution in [3.8, 4) is 0 Å². The molecular formula is C20H28N2O3. The maximum atomic E-state index is 11.5. The lowest BCUT2D eigenvalue weighted by Gasteiger charge is -2.44. The van der Waals surface area contributed by atoms with E-state index < -0.39 is 0 Å². The summed E-state index contributed by atoms with van der Waals surface area (Å²) in [6, 6.07) is 8.83. The molecule has 0 aromatic heterocycles. The van der Waals surface area contributed by atoms with Crippen molar-refractivity contribution in [1.29, 1.82) is 0 Å². The molecule has 2 spiro atoms. The molecule has 2 N–H and O–H groups in total. The van der Waals surface area contributed by atoms with Crippen molar-refractivity contribution in [2.75, 3.05) is 39.4 Å². The standard InChI is InChI=1S/C20H28N2O3/c23-18-17(22-11-7-20(8-12-22)24-13-14-25-20)15-3-1-2-4-16(15)19(18)5-9-21-10-6-19/h1-4,17-18,21,23H,5-14H2/t17-,18+/m0/s1. The fraction of sp³-hybridized carbons (Fsp3) is 0.700. The van der Waals surface area contributed by atoms with Gasteiger partial charge < -0.3 is 19.9 Å². The number of nitrogens with one attached hydrogen (secondary N) is 1. The van der Waals surface area contributed by atoms with Gasteiger partial charge in [0, 0.05) is 31.3 Å². The van der Waals surface area contributed by atoms with Crippen molar-refractivity contribution in [2.24, 2.45) is 0 Å². The Morgan fingerprint density at radius 1 is 1.00 bits per heavy atom. The summed E-state index contributed by atoms with van der Waals surface area (Å²) in [4.78, 5) is 2.47. The Bertz CT molecular complexity index is 628. The van der Waals surface area contributed by atoms with Crippen molar-refractivity contribution in [1.82, 2.24) is 10.2 Å². The van der Waals surface area contributed by atoms with Crippen molar-refractivity contribution < 1.29 is 14.6 Å². The van der Waals surface area contributed by atoms with Gasteiger partial charge in [-0.15, -0.1) is 0 Å². The molecule has 3 saturated heterocycles. The van der Waals surface area contributed by atoms with Crippen LogP contribution in [0.25, 0.3) is 0 Å². The zero-order chi connectivity index (χ0) is 16.9. The van der Waals surface area contributed by atoms with Gasteiger partial charge in [-0.05, 0) is 37.1 Å². The highest BCUT2D eigenvalue weighted by molar-refractivity contribution is 5.45. The van der Waals surface area contributed by atoms with Crippen LogP contribution < -0.4 is 5.32 Å². The lowest BCUT2D eigenvalue weighted by atomic mass is 9.72. The van der Waals surface area contributed by atoms with Gasteiger partial charge >= 0.3 is 0 Å². The number of aliphatic hydroxyl groups excluding tert-OH is 1. The number of hydrogen-bond acceptors (Lipinski definition) is 5. The molecule has 1 aliphatic carbocycles. The number of hydrogen-bond donors (Lipinski definition) is 2. The SMILES string of the molecule is O[C@@H]1[C@@H](N2CCC3(CC2)OCCO3)c2ccccc2C12CCNCC2. The van der Waals surface area contributed by atoms with Gasteiger partial charge in [-0.3, -0.25) is 4.90 Å². The van der Waals surface area contributed by atoms with E-state index in [1.165, 1.54) is 11.1 Å². The third kappa shape index (κ3) is 2.41. The van der Waals surface area contributed by atoms with Gasteiger partial charge in [0.1, 0.15) is 0 Å². The van der Waals surface area contributed by atoms with Crippen molar-refractivity contribution >= 4 is 0 Å². The van der Waals surface area contributed by atoms with Gasteiger partial charge in [-0.2, -0.15) is 0 Å². The molecule has 3 fully saturated rings. The molecule has 25 heavy (non-hydrogen) atoms. The highest BCUT2D eigenvalue weighted by Crippen LogP contribution is 2.52. The minimum Gasteiger partial charge on any atom is -0.390 e. The number of piperidine rings is 2. The second-order valence-electron chi connectivity index (χ2n) is 8.03. The van der Waals surface area contributed by atoms with E-state index in [-0.39, 0.29) is 23.3 Å². The lowest BCUT2D eigenvalue weighted by Crippen LogP contribution is -2.51. The average Bonchev–Trinajstić information content (AvgIpc) is 3.20. The molecule has 5 heteroatoms. The Balaban J connectivity index is 1.44. The van der Waals surface area contributed by atoms with Crippen LogP contribution in [0.1, 0.15) is 42.9 Å². The maximum Gasteiger partial charge on any atom is 0.170 e. The van der Waals surface area contributed by atoms with Gasteiger partial charge in [0.15, 0.2) is 5.79 Å².